The van der Waals surface area contributed by atoms with Crippen LogP contribution in [0, 0.1) is 0 Å². The van der Waals surface area contributed by atoms with E-state index in [4.69, 9.17) is 0 Å². The molecule has 0 unspecified atom stereocenters. The van der Waals surface area contributed by atoms with Crippen LogP contribution >= 0.6 is 23.1 Å². The SMILES string of the molecule is CCCCCCCCCCCCCCCCSc1ccc(C(=O)CC(=O)OC)s1. The fraction of sp³-hybridized carbons (Fsp3) is 0.750. The van der Waals surface area contributed by atoms with Gasteiger partial charge in [0.15, 0.2) is 5.78 Å². The Morgan fingerprint density at radius 1 is 0.828 bits per heavy atom. The van der Waals surface area contributed by atoms with Crippen molar-refractivity contribution in [3.63, 3.8) is 0 Å². The topological polar surface area (TPSA) is 43.4 Å². The maximum Gasteiger partial charge on any atom is 0.313 e. The molecule has 3 nitrogen and oxygen atoms in total. The summed E-state index contributed by atoms with van der Waals surface area (Å²) in [6, 6.07) is 3.81. The third-order valence-electron chi connectivity index (χ3n) is 5.13. The van der Waals surface area contributed by atoms with Crippen molar-refractivity contribution >= 4 is 34.9 Å². The van der Waals surface area contributed by atoms with Gasteiger partial charge in [-0.3, -0.25) is 9.59 Å². The second kappa shape index (κ2) is 18.0. The number of thiophene rings is 1. The molecule has 0 N–H and O–H groups in total. The van der Waals surface area contributed by atoms with E-state index in [1.807, 2.05) is 23.9 Å². The fourth-order valence-electron chi connectivity index (χ4n) is 3.31. The second-order valence-corrected chi connectivity index (χ2v) is 10.2. The first kappa shape index (κ1) is 26.2. The zero-order chi connectivity index (χ0) is 21.2. The summed E-state index contributed by atoms with van der Waals surface area (Å²) in [5.41, 5.74) is 0. The third kappa shape index (κ3) is 13.9. The van der Waals surface area contributed by atoms with Crippen molar-refractivity contribution in [3.8, 4) is 0 Å². The van der Waals surface area contributed by atoms with E-state index in [0.717, 1.165) is 9.96 Å². The zero-order valence-corrected chi connectivity index (χ0v) is 20.1. The second-order valence-electron chi connectivity index (χ2n) is 7.74. The Labute approximate surface area is 186 Å². The number of Topliss-reactive ketones (excluding diaryl/α,β-unsaturated/α-hetero) is 1. The van der Waals surface area contributed by atoms with Crippen LogP contribution in [0.2, 0.25) is 0 Å². The first-order valence-electron chi connectivity index (χ1n) is 11.5. The van der Waals surface area contributed by atoms with E-state index in [-0.39, 0.29) is 12.2 Å². The van der Waals surface area contributed by atoms with Crippen molar-refractivity contribution in [2.75, 3.05) is 12.9 Å². The minimum absolute atomic E-state index is 0.148. The lowest BCUT2D eigenvalue weighted by molar-refractivity contribution is -0.139. The Balaban J connectivity index is 1.91. The number of methoxy groups -OCH3 is 1. The molecule has 0 aliphatic rings. The van der Waals surface area contributed by atoms with Crippen molar-refractivity contribution < 1.29 is 14.3 Å². The van der Waals surface area contributed by atoms with E-state index in [2.05, 4.69) is 11.7 Å². The van der Waals surface area contributed by atoms with Crippen molar-refractivity contribution in [3.05, 3.63) is 17.0 Å². The molecule has 29 heavy (non-hydrogen) atoms. The molecule has 1 rings (SSSR count). The minimum Gasteiger partial charge on any atom is -0.469 e. The van der Waals surface area contributed by atoms with Gasteiger partial charge in [-0.15, -0.1) is 23.1 Å². The molecule has 5 heteroatoms. The van der Waals surface area contributed by atoms with Gasteiger partial charge in [0.25, 0.3) is 0 Å². The smallest absolute Gasteiger partial charge is 0.313 e. The molecule has 0 aliphatic heterocycles. The number of carbonyl (C=O) groups excluding carboxylic acids is 2. The lowest BCUT2D eigenvalue weighted by atomic mass is 10.0. The van der Waals surface area contributed by atoms with Crippen LogP contribution in [0.3, 0.4) is 0 Å². The van der Waals surface area contributed by atoms with Crippen LogP contribution in [0.4, 0.5) is 0 Å². The maximum absolute atomic E-state index is 11.9. The van der Waals surface area contributed by atoms with Crippen LogP contribution in [-0.4, -0.2) is 24.6 Å². The van der Waals surface area contributed by atoms with Crippen LogP contribution in [0.5, 0.6) is 0 Å². The lowest BCUT2D eigenvalue weighted by Gasteiger charge is -2.03. The van der Waals surface area contributed by atoms with Gasteiger partial charge in [-0.05, 0) is 24.3 Å². The number of ketones is 1. The zero-order valence-electron chi connectivity index (χ0n) is 18.5. The summed E-state index contributed by atoms with van der Waals surface area (Å²) in [5.74, 6) is 0.480. The molecule has 0 saturated heterocycles. The Morgan fingerprint density at radius 3 is 1.86 bits per heavy atom. The molecule has 0 fully saturated rings. The van der Waals surface area contributed by atoms with Gasteiger partial charge >= 0.3 is 5.97 Å². The van der Waals surface area contributed by atoms with Gasteiger partial charge in [0.1, 0.15) is 6.42 Å². The molecule has 0 atom stereocenters. The van der Waals surface area contributed by atoms with Gasteiger partial charge in [-0.1, -0.05) is 90.4 Å². The van der Waals surface area contributed by atoms with Gasteiger partial charge < -0.3 is 4.74 Å². The number of unbranched alkanes of at least 4 members (excludes halogenated alkanes) is 13. The highest BCUT2D eigenvalue weighted by Crippen LogP contribution is 2.29. The van der Waals surface area contributed by atoms with Gasteiger partial charge in [0.2, 0.25) is 0 Å². The maximum atomic E-state index is 11.9. The highest BCUT2D eigenvalue weighted by Gasteiger charge is 2.14. The van der Waals surface area contributed by atoms with Crippen LogP contribution in [0.25, 0.3) is 0 Å². The number of rotatable bonds is 19. The van der Waals surface area contributed by atoms with E-state index >= 15 is 0 Å². The number of ether oxygens (including phenoxy) is 1. The molecule has 166 valence electrons. The Bertz CT molecular complexity index is 554. The largest absolute Gasteiger partial charge is 0.469 e. The van der Waals surface area contributed by atoms with E-state index in [9.17, 15) is 9.59 Å². The third-order valence-corrected chi connectivity index (χ3v) is 7.57. The molecule has 0 amide bonds. The highest BCUT2D eigenvalue weighted by molar-refractivity contribution is 8.01. The van der Waals surface area contributed by atoms with Crippen LogP contribution in [0.15, 0.2) is 16.3 Å². The van der Waals surface area contributed by atoms with Gasteiger partial charge in [-0.2, -0.15) is 0 Å². The monoisotopic (exact) mass is 440 g/mol. The molecule has 0 bridgehead atoms. The normalized spacial score (nSPS) is 11.0. The Morgan fingerprint density at radius 2 is 1.34 bits per heavy atom. The molecular formula is C24H40O3S2. The summed E-state index contributed by atoms with van der Waals surface area (Å²) in [6.07, 6.45) is 19.2. The predicted octanol–water partition coefficient (Wildman–Crippen LogP) is 8.07. The average molecular weight is 441 g/mol. The molecule has 0 radical (unpaired) electrons. The molecule has 0 aliphatic carbocycles. The number of carbonyl (C=O) groups is 2. The van der Waals surface area contributed by atoms with E-state index in [1.165, 1.54) is 108 Å². The summed E-state index contributed by atoms with van der Waals surface area (Å²) in [4.78, 5) is 23.8. The predicted molar refractivity (Wildman–Crippen MR) is 126 cm³/mol. The van der Waals surface area contributed by atoms with Crippen molar-refractivity contribution in [1.82, 2.24) is 0 Å². The van der Waals surface area contributed by atoms with Gasteiger partial charge in [0.05, 0.1) is 16.2 Å². The van der Waals surface area contributed by atoms with Crippen molar-refractivity contribution in [2.24, 2.45) is 0 Å². The summed E-state index contributed by atoms with van der Waals surface area (Å²) >= 11 is 3.30. The number of hydrogen-bond acceptors (Lipinski definition) is 5. The highest BCUT2D eigenvalue weighted by atomic mass is 32.2. The van der Waals surface area contributed by atoms with E-state index < -0.39 is 5.97 Å². The van der Waals surface area contributed by atoms with Crippen molar-refractivity contribution in [1.29, 1.82) is 0 Å². The summed E-state index contributed by atoms with van der Waals surface area (Å²) < 4.78 is 5.71. The van der Waals surface area contributed by atoms with Crippen LogP contribution in [0.1, 0.15) is 113 Å². The fourth-order valence-corrected chi connectivity index (χ4v) is 5.45. The van der Waals surface area contributed by atoms with Gasteiger partial charge in [-0.25, -0.2) is 0 Å². The summed E-state index contributed by atoms with van der Waals surface area (Å²) in [6.45, 7) is 2.28. The molecule has 1 heterocycles. The number of hydrogen-bond donors (Lipinski definition) is 0. The molecular weight excluding hydrogens is 400 g/mol. The molecule has 0 spiro atoms. The minimum atomic E-state index is -0.472. The van der Waals surface area contributed by atoms with Crippen LogP contribution < -0.4 is 0 Å². The van der Waals surface area contributed by atoms with E-state index in [1.54, 1.807) is 0 Å². The summed E-state index contributed by atoms with van der Waals surface area (Å²) in [7, 11) is 1.31. The number of thioether (sulfide) groups is 1. The lowest BCUT2D eigenvalue weighted by Crippen LogP contribution is -2.07. The molecule has 1 aromatic rings. The molecule has 1 aromatic heterocycles. The van der Waals surface area contributed by atoms with E-state index in [0.29, 0.717) is 4.88 Å². The Kier molecular flexibility index (Phi) is 16.3. The van der Waals surface area contributed by atoms with Crippen LogP contribution in [-0.2, 0) is 9.53 Å². The first-order valence-corrected chi connectivity index (χ1v) is 13.3. The summed E-state index contributed by atoms with van der Waals surface area (Å²) in [5, 5.41) is 0. The average Bonchev–Trinajstić information content (AvgIpc) is 3.20. The van der Waals surface area contributed by atoms with Gasteiger partial charge in [0, 0.05) is 0 Å². The quantitative estimate of drug-likeness (QED) is 0.0717. The Hall–Kier alpha value is -0.810. The number of esters is 1. The molecule has 0 saturated carbocycles. The molecule has 0 aromatic carbocycles. The van der Waals surface area contributed by atoms with Crippen molar-refractivity contribution in [2.45, 2.75) is 107 Å². The standard InChI is InChI=1S/C24H40O3S2/c1-3-4-5-6-7-8-9-10-11-12-13-14-15-16-19-28-24-18-17-22(29-24)21(25)20-23(26)27-2/h17-18H,3-16,19-20H2,1-2H3. The first-order chi connectivity index (χ1) is 14.2.